The number of carbonyl (C=O) groups excluding carboxylic acids is 2. The van der Waals surface area contributed by atoms with Crippen LogP contribution in [0.3, 0.4) is 0 Å². The number of benzene rings is 2. The molecule has 2 rings (SSSR count). The summed E-state index contributed by atoms with van der Waals surface area (Å²) in [6, 6.07) is 15.8. The van der Waals surface area contributed by atoms with Crippen molar-refractivity contribution >= 4 is 39.2 Å². The first-order chi connectivity index (χ1) is 12.8. The molecular formula is C19H21NO5S2. The lowest BCUT2D eigenvalue weighted by molar-refractivity contribution is -0.141. The number of hydrogen-bond donors (Lipinski definition) is 0. The van der Waals surface area contributed by atoms with Gasteiger partial charge in [0, 0.05) is 23.3 Å². The minimum absolute atomic E-state index is 0.213. The van der Waals surface area contributed by atoms with Crippen LogP contribution in [0.4, 0.5) is 5.69 Å². The van der Waals surface area contributed by atoms with Crippen LogP contribution in [-0.4, -0.2) is 45.8 Å². The third kappa shape index (κ3) is 6.73. The number of sulfonamides is 1. The van der Waals surface area contributed by atoms with E-state index < -0.39 is 16.0 Å². The van der Waals surface area contributed by atoms with Crippen molar-refractivity contribution in [2.24, 2.45) is 0 Å². The molecule has 6 nitrogen and oxygen atoms in total. The topological polar surface area (TPSA) is 80.8 Å². The average Bonchev–Trinajstić information content (AvgIpc) is 2.66. The molecule has 0 bridgehead atoms. The molecule has 8 heteroatoms. The van der Waals surface area contributed by atoms with Crippen LogP contribution in [0.2, 0.25) is 0 Å². The number of ketones is 1. The average molecular weight is 408 g/mol. The molecule has 0 spiro atoms. The Balaban J connectivity index is 1.78. The Morgan fingerprint density at radius 1 is 1.04 bits per heavy atom. The molecule has 144 valence electrons. The molecule has 0 fully saturated rings. The van der Waals surface area contributed by atoms with Gasteiger partial charge < -0.3 is 4.74 Å². The third-order valence-corrected chi connectivity index (χ3v) is 5.95. The van der Waals surface area contributed by atoms with Crippen LogP contribution in [-0.2, 0) is 19.6 Å². The van der Waals surface area contributed by atoms with Gasteiger partial charge in [-0.3, -0.25) is 13.9 Å². The maximum Gasteiger partial charge on any atom is 0.307 e. The minimum atomic E-state index is -3.36. The molecule has 0 amide bonds. The van der Waals surface area contributed by atoms with Gasteiger partial charge in [-0.05, 0) is 36.4 Å². The molecule has 0 saturated carbocycles. The van der Waals surface area contributed by atoms with E-state index in [1.165, 1.54) is 31.3 Å². The highest BCUT2D eigenvalue weighted by Gasteiger charge is 2.14. The van der Waals surface area contributed by atoms with Gasteiger partial charge in [-0.15, -0.1) is 11.8 Å². The Kier molecular flexibility index (Phi) is 7.44. The molecule has 0 radical (unpaired) electrons. The predicted molar refractivity (Wildman–Crippen MR) is 107 cm³/mol. The first kappa shape index (κ1) is 21.0. The van der Waals surface area contributed by atoms with Crippen LogP contribution in [0.1, 0.15) is 16.8 Å². The smallest absolute Gasteiger partial charge is 0.307 e. The summed E-state index contributed by atoms with van der Waals surface area (Å²) in [4.78, 5) is 24.9. The van der Waals surface area contributed by atoms with Gasteiger partial charge in [0.05, 0.1) is 18.4 Å². The first-order valence-electron chi connectivity index (χ1n) is 8.18. The van der Waals surface area contributed by atoms with Crippen LogP contribution in [0.5, 0.6) is 0 Å². The van der Waals surface area contributed by atoms with E-state index in [2.05, 4.69) is 0 Å². The molecule has 2 aromatic carbocycles. The molecular weight excluding hydrogens is 386 g/mol. The molecule has 27 heavy (non-hydrogen) atoms. The number of anilines is 1. The van der Waals surface area contributed by atoms with Gasteiger partial charge in [-0.2, -0.15) is 0 Å². The number of hydrogen-bond acceptors (Lipinski definition) is 6. The fraction of sp³-hybridized carbons (Fsp3) is 0.263. The summed E-state index contributed by atoms with van der Waals surface area (Å²) in [5.74, 6) is -0.198. The van der Waals surface area contributed by atoms with Crippen molar-refractivity contribution in [2.75, 3.05) is 30.0 Å². The Bertz CT molecular complexity index is 880. The first-order valence-corrected chi connectivity index (χ1v) is 11.0. The summed E-state index contributed by atoms with van der Waals surface area (Å²) >= 11 is 1.55. The van der Waals surface area contributed by atoms with Crippen molar-refractivity contribution in [1.29, 1.82) is 0 Å². The Labute approximate surface area is 163 Å². The molecule has 2 aromatic rings. The molecule has 0 saturated heterocycles. The maximum absolute atomic E-state index is 12.1. The fourth-order valence-corrected chi connectivity index (χ4v) is 3.48. The van der Waals surface area contributed by atoms with Crippen LogP contribution < -0.4 is 4.31 Å². The van der Waals surface area contributed by atoms with E-state index in [0.717, 1.165) is 15.5 Å². The second-order valence-corrected chi connectivity index (χ2v) is 8.95. The standard InChI is InChI=1S/C19H21NO5S2/c1-20(27(2,23)24)16-10-8-15(9-11-16)18(21)14-25-19(22)12-13-26-17-6-4-3-5-7-17/h3-11H,12-14H2,1-2H3. The maximum atomic E-state index is 12.1. The third-order valence-electron chi connectivity index (χ3n) is 3.73. The largest absolute Gasteiger partial charge is 0.457 e. The highest BCUT2D eigenvalue weighted by molar-refractivity contribution is 7.99. The lowest BCUT2D eigenvalue weighted by Gasteiger charge is -2.16. The Hall–Kier alpha value is -2.32. The summed E-state index contributed by atoms with van der Waals surface area (Å²) in [6.45, 7) is -0.337. The Morgan fingerprint density at radius 2 is 1.67 bits per heavy atom. The van der Waals surface area contributed by atoms with Crippen LogP contribution >= 0.6 is 11.8 Å². The van der Waals surface area contributed by atoms with Crippen molar-refractivity contribution < 1.29 is 22.7 Å². The minimum Gasteiger partial charge on any atom is -0.457 e. The van der Waals surface area contributed by atoms with E-state index in [1.807, 2.05) is 30.3 Å². The molecule has 0 N–H and O–H groups in total. The normalized spacial score (nSPS) is 11.0. The summed E-state index contributed by atoms with van der Waals surface area (Å²) in [7, 11) is -1.93. The lowest BCUT2D eigenvalue weighted by Crippen LogP contribution is -2.24. The number of carbonyl (C=O) groups is 2. The zero-order valence-electron chi connectivity index (χ0n) is 15.1. The zero-order chi connectivity index (χ0) is 19.9. The van der Waals surface area contributed by atoms with Gasteiger partial charge in [0.25, 0.3) is 0 Å². The number of ether oxygens (including phenoxy) is 1. The summed E-state index contributed by atoms with van der Waals surface area (Å²) in [5, 5.41) is 0. The quantitative estimate of drug-likeness (QED) is 0.361. The zero-order valence-corrected chi connectivity index (χ0v) is 16.8. The molecule has 0 aromatic heterocycles. The number of rotatable bonds is 9. The Morgan fingerprint density at radius 3 is 2.26 bits per heavy atom. The van der Waals surface area contributed by atoms with Gasteiger partial charge in [0.2, 0.25) is 10.0 Å². The second-order valence-electron chi connectivity index (χ2n) is 5.77. The fourth-order valence-electron chi connectivity index (χ4n) is 2.12. The second kappa shape index (κ2) is 9.57. The number of Topliss-reactive ketones (excluding diaryl/α,β-unsaturated/α-hetero) is 1. The molecule has 0 atom stereocenters. The van der Waals surface area contributed by atoms with E-state index in [9.17, 15) is 18.0 Å². The van der Waals surface area contributed by atoms with Gasteiger partial charge in [-0.25, -0.2) is 8.42 Å². The van der Waals surface area contributed by atoms with E-state index >= 15 is 0 Å². The van der Waals surface area contributed by atoms with Crippen LogP contribution in [0.15, 0.2) is 59.5 Å². The molecule has 0 heterocycles. The predicted octanol–water partition coefficient (Wildman–Crippen LogP) is 2.99. The van der Waals surface area contributed by atoms with E-state index in [0.29, 0.717) is 17.0 Å². The summed E-state index contributed by atoms with van der Waals surface area (Å²) in [6.07, 6.45) is 1.31. The SMILES string of the molecule is CN(c1ccc(C(=O)COC(=O)CCSc2ccccc2)cc1)S(C)(=O)=O. The van der Waals surface area contributed by atoms with E-state index in [4.69, 9.17) is 4.74 Å². The van der Waals surface area contributed by atoms with Crippen molar-refractivity contribution in [3.05, 3.63) is 60.2 Å². The van der Waals surface area contributed by atoms with Gasteiger partial charge in [0.1, 0.15) is 0 Å². The molecule has 0 unspecified atom stereocenters. The van der Waals surface area contributed by atoms with E-state index in [-0.39, 0.29) is 18.8 Å². The highest BCUT2D eigenvalue weighted by Crippen LogP contribution is 2.18. The number of nitrogens with zero attached hydrogens (tertiary/aromatic N) is 1. The van der Waals surface area contributed by atoms with Crippen LogP contribution in [0.25, 0.3) is 0 Å². The monoisotopic (exact) mass is 407 g/mol. The van der Waals surface area contributed by atoms with Gasteiger partial charge >= 0.3 is 5.97 Å². The van der Waals surface area contributed by atoms with Crippen LogP contribution in [0, 0.1) is 0 Å². The molecule has 0 aliphatic heterocycles. The summed E-state index contributed by atoms with van der Waals surface area (Å²) < 4.78 is 29.1. The molecule has 0 aliphatic carbocycles. The summed E-state index contributed by atoms with van der Waals surface area (Å²) in [5.41, 5.74) is 0.802. The molecule has 0 aliphatic rings. The van der Waals surface area contributed by atoms with Crippen molar-refractivity contribution in [2.45, 2.75) is 11.3 Å². The number of thioether (sulfide) groups is 1. The number of esters is 1. The lowest BCUT2D eigenvalue weighted by atomic mass is 10.1. The van der Waals surface area contributed by atoms with Gasteiger partial charge in [-0.1, -0.05) is 18.2 Å². The highest BCUT2D eigenvalue weighted by atomic mass is 32.2. The van der Waals surface area contributed by atoms with Crippen molar-refractivity contribution in [3.8, 4) is 0 Å². The van der Waals surface area contributed by atoms with Gasteiger partial charge in [0.15, 0.2) is 12.4 Å². The van der Waals surface area contributed by atoms with Crippen molar-refractivity contribution in [3.63, 3.8) is 0 Å². The van der Waals surface area contributed by atoms with E-state index in [1.54, 1.807) is 11.8 Å². The van der Waals surface area contributed by atoms with Crippen molar-refractivity contribution in [1.82, 2.24) is 0 Å².